The van der Waals surface area contributed by atoms with E-state index >= 15 is 0 Å². The molecule has 4 aliphatic carbocycles. The maximum Gasteiger partial charge on any atom is 0.397 e. The molecule has 13 atom stereocenters. The van der Waals surface area contributed by atoms with E-state index < -0.39 is 47.8 Å². The lowest BCUT2D eigenvalue weighted by Crippen LogP contribution is -2.62. The summed E-state index contributed by atoms with van der Waals surface area (Å²) in [4.78, 5) is 0. The Balaban J connectivity index is 1.45. The van der Waals surface area contributed by atoms with Gasteiger partial charge in [-0.05, 0) is 104 Å². The van der Waals surface area contributed by atoms with E-state index in [0.717, 1.165) is 38.5 Å². The molecule has 4 rings (SSSR count). The Morgan fingerprint density at radius 1 is 1.00 bits per heavy atom. The first-order valence-electron chi connectivity index (χ1n) is 14.2. The summed E-state index contributed by atoms with van der Waals surface area (Å²) in [5, 5.41) is 53.5. The number of hydrogen-bond acceptors (Lipinski definition) is 8. The molecule has 0 aliphatic heterocycles. The van der Waals surface area contributed by atoms with Gasteiger partial charge in [0.2, 0.25) is 0 Å². The van der Waals surface area contributed by atoms with Gasteiger partial charge in [0, 0.05) is 5.92 Å². The van der Waals surface area contributed by atoms with Gasteiger partial charge < -0.3 is 25.5 Å². The highest BCUT2D eigenvalue weighted by Crippen LogP contribution is 2.68. The van der Waals surface area contributed by atoms with E-state index in [-0.39, 0.29) is 52.4 Å². The lowest BCUT2D eigenvalue weighted by Gasteiger charge is -2.63. The summed E-state index contributed by atoms with van der Waals surface area (Å²) in [6, 6.07) is 0. The zero-order valence-electron chi connectivity index (χ0n) is 22.4. The Kier molecular flexibility index (Phi) is 8.75. The van der Waals surface area contributed by atoms with Crippen LogP contribution in [0.25, 0.3) is 0 Å². The van der Waals surface area contributed by atoms with Gasteiger partial charge in [0.15, 0.2) is 0 Å². The number of rotatable bonds is 9. The molecule has 4 saturated carbocycles. The number of aliphatic hydroxyl groups is 5. The third-order valence-electron chi connectivity index (χ3n) is 11.6. The van der Waals surface area contributed by atoms with Crippen LogP contribution in [0.15, 0.2) is 0 Å². The predicted molar refractivity (Wildman–Crippen MR) is 136 cm³/mol. The summed E-state index contributed by atoms with van der Waals surface area (Å²) in [5.74, 6) is 0.439. The fraction of sp³-hybridized carbons (Fsp3) is 1.00. The molecule has 0 heterocycles. The molecule has 5 unspecified atom stereocenters. The second-order valence-corrected chi connectivity index (χ2v) is 14.4. The van der Waals surface area contributed by atoms with Gasteiger partial charge in [-0.1, -0.05) is 20.8 Å². The number of fused-ring (bicyclic) bond motifs is 5. The smallest absolute Gasteiger partial charge is 0.396 e. The summed E-state index contributed by atoms with van der Waals surface area (Å²) in [6.07, 6.45) is 4.54. The first-order chi connectivity index (χ1) is 17.2. The largest absolute Gasteiger partial charge is 0.397 e. The highest BCUT2D eigenvalue weighted by Gasteiger charge is 2.65. The van der Waals surface area contributed by atoms with Crippen molar-refractivity contribution in [1.82, 2.24) is 0 Å². The molecule has 0 bridgehead atoms. The standard InChI is InChI=1S/C27H48O9S/c1-15(4-7-22(30)16(13-28)14-36-37(33,34)35)19-5-6-20-25-21(12-24(32)27(19,20)3)26(2)9-8-18(29)10-17(26)11-23(25)31/h15-25,28-32H,4-14H2,1-3H3,(H,33,34,35)/t15-,16-,17+,18-,19?,20?,21?,22-,23?,24+,25?,26+,27-/m1/s1. The van der Waals surface area contributed by atoms with Crippen molar-refractivity contribution in [3.8, 4) is 0 Å². The summed E-state index contributed by atoms with van der Waals surface area (Å²) in [7, 11) is -4.65. The van der Waals surface area contributed by atoms with Crippen LogP contribution < -0.4 is 0 Å². The topological polar surface area (TPSA) is 165 Å². The molecule has 9 nitrogen and oxygen atoms in total. The van der Waals surface area contributed by atoms with Crippen molar-refractivity contribution in [3.63, 3.8) is 0 Å². The van der Waals surface area contributed by atoms with Crippen molar-refractivity contribution >= 4 is 10.4 Å². The zero-order chi connectivity index (χ0) is 27.3. The van der Waals surface area contributed by atoms with Gasteiger partial charge in [0.25, 0.3) is 0 Å². The number of hydrogen-bond donors (Lipinski definition) is 6. The van der Waals surface area contributed by atoms with Crippen LogP contribution in [0.4, 0.5) is 0 Å². The summed E-state index contributed by atoms with van der Waals surface area (Å²) in [6.45, 7) is 5.67. The maximum absolute atomic E-state index is 11.7. The highest BCUT2D eigenvalue weighted by molar-refractivity contribution is 7.80. The van der Waals surface area contributed by atoms with E-state index in [1.807, 2.05) is 0 Å². The fourth-order valence-electron chi connectivity index (χ4n) is 9.46. The first kappa shape index (κ1) is 29.6. The highest BCUT2D eigenvalue weighted by atomic mass is 32.3. The van der Waals surface area contributed by atoms with Crippen LogP contribution in [-0.4, -0.2) is 76.1 Å². The van der Waals surface area contributed by atoms with E-state index in [2.05, 4.69) is 25.0 Å². The van der Waals surface area contributed by atoms with E-state index in [9.17, 15) is 34.0 Å². The van der Waals surface area contributed by atoms with Crippen LogP contribution in [0.5, 0.6) is 0 Å². The van der Waals surface area contributed by atoms with Crippen molar-refractivity contribution < 1.29 is 42.7 Å². The molecule has 0 aromatic carbocycles. The van der Waals surface area contributed by atoms with Crippen LogP contribution in [0.3, 0.4) is 0 Å². The predicted octanol–water partition coefficient (Wildman–Crippen LogP) is 2.15. The molecule has 0 saturated heterocycles. The van der Waals surface area contributed by atoms with Gasteiger partial charge in [-0.2, -0.15) is 8.42 Å². The van der Waals surface area contributed by atoms with Gasteiger partial charge in [-0.15, -0.1) is 0 Å². The zero-order valence-corrected chi connectivity index (χ0v) is 23.3. The van der Waals surface area contributed by atoms with E-state index in [0.29, 0.717) is 19.3 Å². The van der Waals surface area contributed by atoms with Gasteiger partial charge in [0.05, 0.1) is 37.6 Å². The lowest BCUT2D eigenvalue weighted by atomic mass is 9.43. The van der Waals surface area contributed by atoms with Gasteiger partial charge in [-0.3, -0.25) is 4.55 Å². The van der Waals surface area contributed by atoms with Crippen molar-refractivity contribution in [1.29, 1.82) is 0 Å². The summed E-state index contributed by atoms with van der Waals surface area (Å²) in [5.41, 5.74) is -0.309. The second kappa shape index (κ2) is 10.9. The number of aliphatic hydroxyl groups excluding tert-OH is 5. The minimum Gasteiger partial charge on any atom is -0.396 e. The van der Waals surface area contributed by atoms with Crippen molar-refractivity contribution in [2.45, 2.75) is 103 Å². The minimum absolute atomic E-state index is 0.0304. The summed E-state index contributed by atoms with van der Waals surface area (Å²) >= 11 is 0. The average molecular weight is 549 g/mol. The van der Waals surface area contributed by atoms with Crippen LogP contribution >= 0.6 is 0 Å². The molecule has 4 aliphatic rings. The Morgan fingerprint density at radius 2 is 1.70 bits per heavy atom. The Bertz CT molecular complexity index is 898. The molecule has 37 heavy (non-hydrogen) atoms. The normalized spacial score (nSPS) is 46.4. The molecule has 0 spiro atoms. The molecule has 10 heteroatoms. The molecule has 216 valence electrons. The van der Waals surface area contributed by atoms with E-state index in [4.69, 9.17) is 4.55 Å². The molecule has 0 aromatic rings. The van der Waals surface area contributed by atoms with E-state index in [1.165, 1.54) is 0 Å². The maximum atomic E-state index is 11.7. The SMILES string of the molecule is C[C@H](CC[C@@H](O)[C@H](CO)COS(=O)(=O)O)C1CCC2C3C(O)C[C@@H]4C[C@H](O)CC[C@]4(C)C3C[C@H](O)[C@@]21C. The fourth-order valence-corrected chi connectivity index (χ4v) is 9.81. The molecule has 6 N–H and O–H groups in total. The Morgan fingerprint density at radius 3 is 2.35 bits per heavy atom. The van der Waals surface area contributed by atoms with Crippen molar-refractivity contribution in [2.75, 3.05) is 13.2 Å². The Hall–Kier alpha value is -0.330. The molecular weight excluding hydrogens is 500 g/mol. The molecular formula is C27H48O9S. The van der Waals surface area contributed by atoms with Crippen molar-refractivity contribution in [2.24, 2.45) is 52.3 Å². The molecule has 4 fully saturated rings. The van der Waals surface area contributed by atoms with Crippen LogP contribution in [0.2, 0.25) is 0 Å². The average Bonchev–Trinajstić information content (AvgIpc) is 3.17. The quantitative estimate of drug-likeness (QED) is 0.237. The molecule has 0 aromatic heterocycles. The minimum atomic E-state index is -4.65. The first-order valence-corrected chi connectivity index (χ1v) is 15.5. The molecule has 0 amide bonds. The third kappa shape index (κ3) is 5.51. The summed E-state index contributed by atoms with van der Waals surface area (Å²) < 4.78 is 34.9. The van der Waals surface area contributed by atoms with E-state index in [1.54, 1.807) is 0 Å². The third-order valence-corrected chi connectivity index (χ3v) is 12.1. The van der Waals surface area contributed by atoms with Crippen molar-refractivity contribution in [3.05, 3.63) is 0 Å². The second-order valence-electron chi connectivity index (χ2n) is 13.3. The van der Waals surface area contributed by atoms with Gasteiger partial charge >= 0.3 is 10.4 Å². The monoisotopic (exact) mass is 548 g/mol. The van der Waals surface area contributed by atoms with Gasteiger partial charge in [-0.25, -0.2) is 4.18 Å². The van der Waals surface area contributed by atoms with Gasteiger partial charge in [0.1, 0.15) is 0 Å². The lowest BCUT2D eigenvalue weighted by molar-refractivity contribution is -0.207. The van der Waals surface area contributed by atoms with Crippen LogP contribution in [-0.2, 0) is 14.6 Å². The van der Waals surface area contributed by atoms with Crippen LogP contribution in [0, 0.1) is 52.3 Å². The molecule has 0 radical (unpaired) electrons. The Labute approximate surface area is 221 Å². The van der Waals surface area contributed by atoms with Crippen LogP contribution in [0.1, 0.15) is 78.6 Å².